The second kappa shape index (κ2) is 23.5. The molecule has 0 atom stereocenters. The highest BCUT2D eigenvalue weighted by molar-refractivity contribution is 5.67. The summed E-state index contributed by atoms with van der Waals surface area (Å²) in [5, 5.41) is 27.2. The first-order valence-corrected chi connectivity index (χ1v) is 14.4. The van der Waals surface area contributed by atoms with Gasteiger partial charge in [0.05, 0.1) is 45.4 Å². The number of nitrogens with zero attached hydrogens (tertiary/aromatic N) is 1. The summed E-state index contributed by atoms with van der Waals surface area (Å²) in [5.74, 6) is -2.48. The SMILES string of the molecule is C/C=C/CCCCCCCCCCCCCC[N+](CCCC(=O)O)(CCCC(=O)O)CCCC(=O)O. The average molecular weight is 513 g/mol. The summed E-state index contributed by atoms with van der Waals surface area (Å²) in [6.07, 6.45) is 22.6. The predicted molar refractivity (Wildman–Crippen MR) is 145 cm³/mol. The number of carbonyl (C=O) groups is 3. The van der Waals surface area contributed by atoms with Crippen LogP contribution >= 0.6 is 0 Å². The molecule has 0 aliphatic rings. The molecule has 0 bridgehead atoms. The van der Waals surface area contributed by atoms with Gasteiger partial charge in [-0.25, -0.2) is 0 Å². The van der Waals surface area contributed by atoms with E-state index in [0.29, 0.717) is 43.4 Å². The first-order valence-electron chi connectivity index (χ1n) is 14.4. The van der Waals surface area contributed by atoms with Gasteiger partial charge in [-0.1, -0.05) is 69.9 Å². The summed E-state index contributed by atoms with van der Waals surface area (Å²) in [6, 6.07) is 0. The van der Waals surface area contributed by atoms with Crippen LogP contribution in [0.25, 0.3) is 0 Å². The molecule has 0 aromatic heterocycles. The fraction of sp³-hybridized carbons (Fsp3) is 0.828. The van der Waals surface area contributed by atoms with Crippen molar-refractivity contribution in [1.29, 1.82) is 0 Å². The Bertz CT molecular complexity index is 554. The highest BCUT2D eigenvalue weighted by Gasteiger charge is 2.27. The van der Waals surface area contributed by atoms with Crippen LogP contribution in [0.5, 0.6) is 0 Å². The van der Waals surface area contributed by atoms with Crippen molar-refractivity contribution in [3.63, 3.8) is 0 Å². The molecular weight excluding hydrogens is 458 g/mol. The molecule has 0 aromatic rings. The molecule has 0 heterocycles. The molecule has 3 N–H and O–H groups in total. The van der Waals surface area contributed by atoms with Crippen LogP contribution in [0.15, 0.2) is 12.2 Å². The summed E-state index contributed by atoms with van der Waals surface area (Å²) in [7, 11) is 0. The van der Waals surface area contributed by atoms with Crippen LogP contribution in [0.3, 0.4) is 0 Å². The molecule has 0 saturated heterocycles. The molecule has 210 valence electrons. The zero-order chi connectivity index (χ0) is 26.9. The number of carboxylic acid groups (broad SMARTS) is 3. The van der Waals surface area contributed by atoms with Crippen molar-refractivity contribution < 1.29 is 34.2 Å². The summed E-state index contributed by atoms with van der Waals surface area (Å²) in [4.78, 5) is 33.1. The fourth-order valence-corrected chi connectivity index (χ4v) is 5.01. The number of rotatable bonds is 27. The zero-order valence-electron chi connectivity index (χ0n) is 22.9. The van der Waals surface area contributed by atoms with Gasteiger partial charge in [0.25, 0.3) is 0 Å². The summed E-state index contributed by atoms with van der Waals surface area (Å²) in [5.41, 5.74) is 0. The normalized spacial score (nSPS) is 11.8. The lowest BCUT2D eigenvalue weighted by Gasteiger charge is -2.39. The van der Waals surface area contributed by atoms with Gasteiger partial charge in [-0.05, 0) is 32.6 Å². The number of carboxylic acids is 3. The lowest BCUT2D eigenvalue weighted by atomic mass is 10.0. The molecule has 7 heteroatoms. The Labute approximate surface area is 219 Å². The van der Waals surface area contributed by atoms with Gasteiger partial charge < -0.3 is 19.8 Å². The summed E-state index contributed by atoms with van der Waals surface area (Å²) in [6.45, 7) is 4.95. The van der Waals surface area contributed by atoms with Crippen molar-refractivity contribution in [1.82, 2.24) is 0 Å². The Kier molecular flexibility index (Phi) is 22.3. The van der Waals surface area contributed by atoms with Gasteiger partial charge in [-0.3, -0.25) is 14.4 Å². The van der Waals surface area contributed by atoms with Gasteiger partial charge in [-0.15, -0.1) is 0 Å². The molecule has 0 rings (SSSR count). The Balaban J connectivity index is 4.30. The average Bonchev–Trinajstić information content (AvgIpc) is 2.80. The third kappa shape index (κ3) is 22.6. The number of quaternary nitrogens is 1. The van der Waals surface area contributed by atoms with E-state index in [1.165, 1.54) is 70.6 Å². The Morgan fingerprint density at radius 2 is 0.806 bits per heavy atom. The summed E-state index contributed by atoms with van der Waals surface area (Å²) < 4.78 is 0.641. The molecule has 0 radical (unpaired) electrons. The maximum absolute atomic E-state index is 11.0. The van der Waals surface area contributed by atoms with Crippen LogP contribution < -0.4 is 0 Å². The standard InChI is InChI=1S/C29H53NO6/c1-2-3-4-5-6-7-8-9-10-11-12-13-14-15-16-23-30(24-17-20-27(31)32,25-18-21-28(33)34)26-19-22-29(35)36/h2-3H,4-26H2,1H3,(H2-,31,32,33,34,35,36)/p+1/b3-2+. The molecule has 0 aliphatic carbocycles. The number of unbranched alkanes of at least 4 members (excludes halogenated alkanes) is 12. The largest absolute Gasteiger partial charge is 0.481 e. The lowest BCUT2D eigenvalue weighted by Crippen LogP contribution is -2.51. The van der Waals surface area contributed by atoms with Gasteiger partial charge in [-0.2, -0.15) is 0 Å². The molecule has 0 aliphatic heterocycles. The fourth-order valence-electron chi connectivity index (χ4n) is 5.01. The molecule has 7 nitrogen and oxygen atoms in total. The number of allylic oxidation sites excluding steroid dienone is 2. The molecule has 0 spiro atoms. The molecule has 0 unspecified atom stereocenters. The smallest absolute Gasteiger partial charge is 0.303 e. The first-order chi connectivity index (χ1) is 17.3. The maximum Gasteiger partial charge on any atom is 0.303 e. The monoisotopic (exact) mass is 512 g/mol. The van der Waals surface area contributed by atoms with E-state index in [2.05, 4.69) is 19.1 Å². The molecule has 0 aromatic carbocycles. The van der Waals surface area contributed by atoms with Gasteiger partial charge in [0, 0.05) is 19.3 Å². The highest BCUT2D eigenvalue weighted by Crippen LogP contribution is 2.19. The molecule has 0 amide bonds. The van der Waals surface area contributed by atoms with Gasteiger partial charge >= 0.3 is 17.9 Å². The third-order valence-corrected chi connectivity index (χ3v) is 7.06. The van der Waals surface area contributed by atoms with Gasteiger partial charge in [0.1, 0.15) is 0 Å². The third-order valence-electron chi connectivity index (χ3n) is 7.06. The van der Waals surface area contributed by atoms with Crippen molar-refractivity contribution >= 4 is 17.9 Å². The van der Waals surface area contributed by atoms with E-state index in [4.69, 9.17) is 15.3 Å². The van der Waals surface area contributed by atoms with Gasteiger partial charge in [0.15, 0.2) is 0 Å². The highest BCUT2D eigenvalue weighted by atomic mass is 16.4. The maximum atomic E-state index is 11.0. The van der Waals surface area contributed by atoms with Crippen molar-refractivity contribution in [3.05, 3.63) is 12.2 Å². The van der Waals surface area contributed by atoms with Crippen LogP contribution in [-0.2, 0) is 14.4 Å². The molecule has 0 saturated carbocycles. The minimum Gasteiger partial charge on any atom is -0.481 e. The molecule has 36 heavy (non-hydrogen) atoms. The van der Waals surface area contributed by atoms with E-state index in [9.17, 15) is 14.4 Å². The van der Waals surface area contributed by atoms with Crippen molar-refractivity contribution in [2.75, 3.05) is 26.2 Å². The lowest BCUT2D eigenvalue weighted by molar-refractivity contribution is -0.929. The Morgan fingerprint density at radius 1 is 0.500 bits per heavy atom. The Hall–Kier alpha value is -1.89. The Morgan fingerprint density at radius 3 is 1.14 bits per heavy atom. The van der Waals surface area contributed by atoms with Gasteiger partial charge in [0.2, 0.25) is 0 Å². The van der Waals surface area contributed by atoms with Crippen molar-refractivity contribution in [2.24, 2.45) is 0 Å². The van der Waals surface area contributed by atoms with Crippen LogP contribution in [0.1, 0.15) is 129 Å². The number of hydrogen-bond acceptors (Lipinski definition) is 3. The zero-order valence-corrected chi connectivity index (χ0v) is 22.9. The van der Waals surface area contributed by atoms with E-state index in [0.717, 1.165) is 19.4 Å². The second-order valence-corrected chi connectivity index (χ2v) is 10.3. The van der Waals surface area contributed by atoms with Crippen LogP contribution in [0, 0.1) is 0 Å². The van der Waals surface area contributed by atoms with E-state index in [1.807, 2.05) is 0 Å². The quantitative estimate of drug-likeness (QED) is 0.0618. The molecule has 0 fully saturated rings. The predicted octanol–water partition coefficient (Wildman–Crippen LogP) is 7.05. The number of hydrogen-bond donors (Lipinski definition) is 3. The number of aliphatic carboxylic acids is 3. The minimum atomic E-state index is -0.825. The second-order valence-electron chi connectivity index (χ2n) is 10.3. The van der Waals surface area contributed by atoms with Crippen LogP contribution in [0.4, 0.5) is 0 Å². The van der Waals surface area contributed by atoms with E-state index in [-0.39, 0.29) is 19.3 Å². The van der Waals surface area contributed by atoms with Crippen molar-refractivity contribution in [3.8, 4) is 0 Å². The topological polar surface area (TPSA) is 112 Å². The summed E-state index contributed by atoms with van der Waals surface area (Å²) >= 11 is 0. The van der Waals surface area contributed by atoms with E-state index >= 15 is 0 Å². The van der Waals surface area contributed by atoms with Crippen LogP contribution in [0.2, 0.25) is 0 Å². The van der Waals surface area contributed by atoms with E-state index < -0.39 is 17.9 Å². The molecular formula is C29H54NO6+. The minimum absolute atomic E-state index is 0.0913. The van der Waals surface area contributed by atoms with Crippen molar-refractivity contribution in [2.45, 2.75) is 129 Å². The van der Waals surface area contributed by atoms with E-state index in [1.54, 1.807) is 0 Å². The van der Waals surface area contributed by atoms with Crippen LogP contribution in [-0.4, -0.2) is 63.9 Å². The first kappa shape index (κ1) is 34.1.